The van der Waals surface area contributed by atoms with E-state index in [4.69, 9.17) is 14.2 Å². The van der Waals surface area contributed by atoms with Crippen molar-refractivity contribution in [3.63, 3.8) is 0 Å². The van der Waals surface area contributed by atoms with Crippen LogP contribution in [-0.2, 0) is 9.53 Å². The van der Waals surface area contributed by atoms with Crippen LogP contribution in [0.1, 0.15) is 16.6 Å². The van der Waals surface area contributed by atoms with Gasteiger partial charge in [-0.25, -0.2) is 4.79 Å². The Morgan fingerprint density at radius 3 is 2.57 bits per heavy atom. The molecular formula is C16H17NO5S. The van der Waals surface area contributed by atoms with Crippen LogP contribution < -0.4 is 14.8 Å². The largest absolute Gasteiger partial charge is 0.497 e. The number of ether oxygens (including phenoxy) is 3. The maximum atomic E-state index is 12.2. The lowest BCUT2D eigenvalue weighted by Crippen LogP contribution is -2.29. The van der Waals surface area contributed by atoms with Crippen LogP contribution >= 0.6 is 11.3 Å². The van der Waals surface area contributed by atoms with E-state index in [-0.39, 0.29) is 0 Å². The van der Waals surface area contributed by atoms with Crippen LogP contribution in [0.15, 0.2) is 35.7 Å². The second-order valence-electron chi connectivity index (χ2n) is 4.58. The quantitative estimate of drug-likeness (QED) is 0.822. The summed E-state index contributed by atoms with van der Waals surface area (Å²) in [4.78, 5) is 24.5. The number of thiophene rings is 1. The van der Waals surface area contributed by atoms with E-state index in [1.54, 1.807) is 35.7 Å². The molecule has 0 radical (unpaired) electrons. The fourth-order valence-corrected chi connectivity index (χ4v) is 2.42. The van der Waals surface area contributed by atoms with E-state index in [0.29, 0.717) is 22.1 Å². The normalized spacial score (nSPS) is 11.4. The Labute approximate surface area is 138 Å². The summed E-state index contributed by atoms with van der Waals surface area (Å²) < 4.78 is 15.5. The molecule has 1 heterocycles. The summed E-state index contributed by atoms with van der Waals surface area (Å²) in [7, 11) is 3.02. The Balaban J connectivity index is 2.04. The number of rotatable bonds is 6. The van der Waals surface area contributed by atoms with E-state index in [1.165, 1.54) is 32.5 Å². The summed E-state index contributed by atoms with van der Waals surface area (Å²) in [5.41, 5.74) is 0.441. The Morgan fingerprint density at radius 1 is 1.17 bits per heavy atom. The molecule has 6 nitrogen and oxygen atoms in total. The van der Waals surface area contributed by atoms with E-state index in [1.807, 2.05) is 0 Å². The molecular weight excluding hydrogens is 318 g/mol. The van der Waals surface area contributed by atoms with Gasteiger partial charge in [-0.05, 0) is 30.5 Å². The predicted octanol–water partition coefficient (Wildman–Crippen LogP) is 2.95. The maximum absolute atomic E-state index is 12.2. The minimum atomic E-state index is -0.944. The van der Waals surface area contributed by atoms with Crippen LogP contribution in [0, 0.1) is 0 Å². The van der Waals surface area contributed by atoms with Crippen molar-refractivity contribution in [1.29, 1.82) is 0 Å². The van der Waals surface area contributed by atoms with Crippen LogP contribution in [0.5, 0.6) is 11.5 Å². The Morgan fingerprint density at radius 2 is 1.96 bits per heavy atom. The van der Waals surface area contributed by atoms with Gasteiger partial charge in [-0.2, -0.15) is 0 Å². The van der Waals surface area contributed by atoms with Crippen molar-refractivity contribution in [3.05, 3.63) is 40.6 Å². The summed E-state index contributed by atoms with van der Waals surface area (Å²) in [5.74, 6) is 0.0713. The molecule has 0 spiro atoms. The number of methoxy groups -OCH3 is 2. The SMILES string of the molecule is COc1ccc(OC)c(NC(=O)C(C)OC(=O)c2cccs2)c1. The smallest absolute Gasteiger partial charge is 0.349 e. The van der Waals surface area contributed by atoms with E-state index in [0.717, 1.165) is 0 Å². The van der Waals surface area contributed by atoms with Gasteiger partial charge in [-0.1, -0.05) is 6.07 Å². The highest BCUT2D eigenvalue weighted by Gasteiger charge is 2.20. The fourth-order valence-electron chi connectivity index (χ4n) is 1.81. The molecule has 7 heteroatoms. The molecule has 1 aromatic heterocycles. The molecule has 0 aliphatic rings. The van der Waals surface area contributed by atoms with Gasteiger partial charge >= 0.3 is 5.97 Å². The first-order valence-corrected chi connectivity index (χ1v) is 7.70. The van der Waals surface area contributed by atoms with Crippen molar-refractivity contribution in [3.8, 4) is 11.5 Å². The molecule has 0 aliphatic heterocycles. The first kappa shape index (κ1) is 16.8. The molecule has 2 aromatic rings. The average Bonchev–Trinajstić information content (AvgIpc) is 3.09. The highest BCUT2D eigenvalue weighted by atomic mass is 32.1. The molecule has 0 bridgehead atoms. The minimum absolute atomic E-state index is 0.441. The Kier molecular flexibility index (Phi) is 5.59. The summed E-state index contributed by atoms with van der Waals surface area (Å²) in [6.07, 6.45) is -0.944. The number of hydrogen-bond acceptors (Lipinski definition) is 6. The third-order valence-electron chi connectivity index (χ3n) is 3.04. The molecule has 2 rings (SSSR count). The van der Waals surface area contributed by atoms with Crippen molar-refractivity contribution in [2.75, 3.05) is 19.5 Å². The predicted molar refractivity (Wildman–Crippen MR) is 87.4 cm³/mol. The summed E-state index contributed by atoms with van der Waals surface area (Å²) in [6.45, 7) is 1.51. The number of amides is 1. The monoisotopic (exact) mass is 335 g/mol. The zero-order valence-corrected chi connectivity index (χ0v) is 13.8. The van der Waals surface area contributed by atoms with Crippen molar-refractivity contribution in [1.82, 2.24) is 0 Å². The minimum Gasteiger partial charge on any atom is -0.497 e. The number of benzene rings is 1. The lowest BCUT2D eigenvalue weighted by atomic mass is 10.2. The van der Waals surface area contributed by atoms with Crippen LogP contribution in [0.2, 0.25) is 0 Å². The van der Waals surface area contributed by atoms with E-state index in [9.17, 15) is 9.59 Å². The van der Waals surface area contributed by atoms with Crippen LogP contribution in [-0.4, -0.2) is 32.2 Å². The van der Waals surface area contributed by atoms with Crippen molar-refractivity contribution in [2.45, 2.75) is 13.0 Å². The van der Waals surface area contributed by atoms with E-state index >= 15 is 0 Å². The number of carbonyl (C=O) groups is 2. The van der Waals surface area contributed by atoms with Crippen LogP contribution in [0.25, 0.3) is 0 Å². The highest BCUT2D eigenvalue weighted by Crippen LogP contribution is 2.29. The zero-order chi connectivity index (χ0) is 16.8. The molecule has 0 saturated heterocycles. The van der Waals surface area contributed by atoms with Gasteiger partial charge in [-0.15, -0.1) is 11.3 Å². The molecule has 0 aliphatic carbocycles. The zero-order valence-electron chi connectivity index (χ0n) is 13.0. The molecule has 1 amide bonds. The van der Waals surface area contributed by atoms with Gasteiger partial charge in [0, 0.05) is 6.07 Å². The standard InChI is InChI=1S/C16H17NO5S/c1-10(22-16(19)14-5-4-8-23-14)15(18)17-12-9-11(20-2)6-7-13(12)21-3/h4-10H,1-3H3,(H,17,18). The molecule has 1 N–H and O–H groups in total. The molecule has 0 saturated carbocycles. The van der Waals surface area contributed by atoms with Crippen LogP contribution in [0.4, 0.5) is 5.69 Å². The summed E-state index contributed by atoms with van der Waals surface area (Å²) in [6, 6.07) is 8.41. The third kappa shape index (κ3) is 4.23. The Hall–Kier alpha value is -2.54. The van der Waals surface area contributed by atoms with Gasteiger partial charge in [0.1, 0.15) is 16.4 Å². The molecule has 23 heavy (non-hydrogen) atoms. The number of carbonyl (C=O) groups excluding carboxylic acids is 2. The lowest BCUT2D eigenvalue weighted by molar-refractivity contribution is -0.123. The summed E-state index contributed by atoms with van der Waals surface area (Å²) in [5, 5.41) is 4.44. The number of hydrogen-bond donors (Lipinski definition) is 1. The maximum Gasteiger partial charge on any atom is 0.349 e. The van der Waals surface area contributed by atoms with Gasteiger partial charge in [0.2, 0.25) is 0 Å². The topological polar surface area (TPSA) is 73.9 Å². The van der Waals surface area contributed by atoms with E-state index in [2.05, 4.69) is 5.32 Å². The van der Waals surface area contributed by atoms with Gasteiger partial charge < -0.3 is 19.5 Å². The molecule has 1 atom stereocenters. The van der Waals surface area contributed by atoms with Crippen molar-refractivity contribution in [2.24, 2.45) is 0 Å². The number of nitrogens with one attached hydrogen (secondary N) is 1. The van der Waals surface area contributed by atoms with E-state index < -0.39 is 18.0 Å². The highest BCUT2D eigenvalue weighted by molar-refractivity contribution is 7.11. The van der Waals surface area contributed by atoms with Gasteiger partial charge in [0.25, 0.3) is 5.91 Å². The number of anilines is 1. The van der Waals surface area contributed by atoms with Gasteiger partial charge in [-0.3, -0.25) is 4.79 Å². The second kappa shape index (κ2) is 7.64. The van der Waals surface area contributed by atoms with Gasteiger partial charge in [0.15, 0.2) is 6.10 Å². The first-order chi connectivity index (χ1) is 11.0. The molecule has 122 valence electrons. The fraction of sp³-hybridized carbons (Fsp3) is 0.250. The second-order valence-corrected chi connectivity index (χ2v) is 5.53. The summed E-state index contributed by atoms with van der Waals surface area (Å²) >= 11 is 1.26. The Bertz CT molecular complexity index is 684. The molecule has 0 fully saturated rings. The van der Waals surface area contributed by atoms with Gasteiger partial charge in [0.05, 0.1) is 19.9 Å². The third-order valence-corrected chi connectivity index (χ3v) is 3.89. The average molecular weight is 335 g/mol. The molecule has 1 aromatic carbocycles. The molecule has 1 unspecified atom stereocenters. The first-order valence-electron chi connectivity index (χ1n) is 6.82. The van der Waals surface area contributed by atoms with Crippen molar-refractivity contribution < 1.29 is 23.8 Å². The lowest BCUT2D eigenvalue weighted by Gasteiger charge is -2.15. The number of esters is 1. The van der Waals surface area contributed by atoms with Crippen LogP contribution in [0.3, 0.4) is 0 Å². The van der Waals surface area contributed by atoms with Crippen molar-refractivity contribution >= 4 is 28.9 Å².